The first-order valence-corrected chi connectivity index (χ1v) is 7.12. The van der Waals surface area contributed by atoms with Crippen molar-refractivity contribution in [3.8, 4) is 0 Å². The SMILES string of the molecule is CCOC(C(N)=O)N1CCN(Cc2ccccc2)CC1. The fraction of sp³-hybridized carbons (Fsp3) is 0.533. The van der Waals surface area contributed by atoms with E-state index >= 15 is 0 Å². The molecule has 0 aromatic heterocycles. The van der Waals surface area contributed by atoms with Crippen LogP contribution in [0, 0.1) is 0 Å². The van der Waals surface area contributed by atoms with E-state index in [9.17, 15) is 4.79 Å². The minimum atomic E-state index is -0.584. The van der Waals surface area contributed by atoms with Crippen molar-refractivity contribution in [3.05, 3.63) is 35.9 Å². The molecular weight excluding hydrogens is 254 g/mol. The maximum Gasteiger partial charge on any atom is 0.261 e. The number of nitrogens with two attached hydrogens (primary N) is 1. The molecule has 1 heterocycles. The largest absolute Gasteiger partial charge is 0.366 e. The van der Waals surface area contributed by atoms with Crippen LogP contribution in [0.3, 0.4) is 0 Å². The first-order chi connectivity index (χ1) is 9.70. The molecule has 0 aliphatic carbocycles. The predicted molar refractivity (Wildman–Crippen MR) is 77.9 cm³/mol. The molecule has 2 N–H and O–H groups in total. The summed E-state index contributed by atoms with van der Waals surface area (Å²) in [6.07, 6.45) is -0.584. The molecule has 1 saturated heterocycles. The number of amides is 1. The lowest BCUT2D eigenvalue weighted by Gasteiger charge is -2.37. The maximum absolute atomic E-state index is 11.4. The Balaban J connectivity index is 1.84. The van der Waals surface area contributed by atoms with E-state index in [-0.39, 0.29) is 0 Å². The molecule has 0 radical (unpaired) electrons. The van der Waals surface area contributed by atoms with Crippen LogP contribution in [0.1, 0.15) is 12.5 Å². The zero-order valence-corrected chi connectivity index (χ0v) is 12.0. The molecule has 0 spiro atoms. The molecule has 5 nitrogen and oxygen atoms in total. The van der Waals surface area contributed by atoms with Crippen molar-refractivity contribution < 1.29 is 9.53 Å². The normalized spacial score (nSPS) is 18.9. The van der Waals surface area contributed by atoms with Crippen LogP contribution >= 0.6 is 0 Å². The lowest BCUT2D eigenvalue weighted by Crippen LogP contribution is -2.54. The third-order valence-corrected chi connectivity index (χ3v) is 3.56. The van der Waals surface area contributed by atoms with Gasteiger partial charge in [0.2, 0.25) is 0 Å². The molecule has 5 heteroatoms. The molecule has 0 bridgehead atoms. The Morgan fingerprint density at radius 2 is 1.90 bits per heavy atom. The van der Waals surface area contributed by atoms with Gasteiger partial charge in [0.15, 0.2) is 6.23 Å². The van der Waals surface area contributed by atoms with Crippen LogP contribution in [0.4, 0.5) is 0 Å². The maximum atomic E-state index is 11.4. The number of carbonyl (C=O) groups excluding carboxylic acids is 1. The highest BCUT2D eigenvalue weighted by Crippen LogP contribution is 2.11. The first-order valence-electron chi connectivity index (χ1n) is 7.12. The number of nitrogens with zero attached hydrogens (tertiary/aromatic N) is 2. The van der Waals surface area contributed by atoms with Gasteiger partial charge in [-0.05, 0) is 12.5 Å². The number of carbonyl (C=O) groups is 1. The smallest absolute Gasteiger partial charge is 0.261 e. The highest BCUT2D eigenvalue weighted by Gasteiger charge is 2.27. The second-order valence-electron chi connectivity index (χ2n) is 5.01. The number of primary amides is 1. The second-order valence-corrected chi connectivity index (χ2v) is 5.01. The zero-order valence-electron chi connectivity index (χ0n) is 12.0. The minimum absolute atomic E-state index is 0.400. The molecule has 1 aromatic rings. The molecule has 1 amide bonds. The standard InChI is InChI=1S/C15H23N3O2/c1-2-20-15(14(16)19)18-10-8-17(9-11-18)12-13-6-4-3-5-7-13/h3-7,15H,2,8-12H2,1H3,(H2,16,19). The Kier molecular flexibility index (Phi) is 5.52. The monoisotopic (exact) mass is 277 g/mol. The van der Waals surface area contributed by atoms with E-state index in [0.717, 1.165) is 32.7 Å². The highest BCUT2D eigenvalue weighted by molar-refractivity contribution is 5.78. The van der Waals surface area contributed by atoms with Gasteiger partial charge in [-0.1, -0.05) is 30.3 Å². The summed E-state index contributed by atoms with van der Waals surface area (Å²) in [7, 11) is 0. The van der Waals surface area contributed by atoms with E-state index in [1.165, 1.54) is 5.56 Å². The molecule has 1 aromatic carbocycles. The Morgan fingerprint density at radius 1 is 1.25 bits per heavy atom. The number of ether oxygens (including phenoxy) is 1. The van der Waals surface area contributed by atoms with Crippen LogP contribution in [0.5, 0.6) is 0 Å². The van der Waals surface area contributed by atoms with E-state index in [1.807, 2.05) is 17.9 Å². The van der Waals surface area contributed by atoms with Crippen molar-refractivity contribution in [3.63, 3.8) is 0 Å². The lowest BCUT2D eigenvalue weighted by atomic mass is 10.2. The van der Waals surface area contributed by atoms with E-state index in [0.29, 0.717) is 6.61 Å². The average Bonchev–Trinajstić information content (AvgIpc) is 2.47. The molecule has 20 heavy (non-hydrogen) atoms. The number of hydrogen-bond donors (Lipinski definition) is 1. The Bertz CT molecular complexity index is 416. The fourth-order valence-corrected chi connectivity index (χ4v) is 2.52. The third kappa shape index (κ3) is 4.03. The first kappa shape index (κ1) is 15.0. The molecule has 1 fully saturated rings. The summed E-state index contributed by atoms with van der Waals surface area (Å²) in [5.41, 5.74) is 6.71. The van der Waals surface area contributed by atoms with Crippen molar-refractivity contribution >= 4 is 5.91 Å². The van der Waals surface area contributed by atoms with Gasteiger partial charge in [-0.2, -0.15) is 0 Å². The van der Waals surface area contributed by atoms with Gasteiger partial charge in [-0.15, -0.1) is 0 Å². The van der Waals surface area contributed by atoms with Crippen molar-refractivity contribution in [2.75, 3.05) is 32.8 Å². The summed E-state index contributed by atoms with van der Waals surface area (Å²) < 4.78 is 5.43. The molecule has 0 saturated carbocycles. The van der Waals surface area contributed by atoms with Crippen molar-refractivity contribution in [1.82, 2.24) is 9.80 Å². The fourth-order valence-electron chi connectivity index (χ4n) is 2.52. The molecule has 1 unspecified atom stereocenters. The molecular formula is C15H23N3O2. The topological polar surface area (TPSA) is 58.8 Å². The van der Waals surface area contributed by atoms with Gasteiger partial charge in [0.25, 0.3) is 5.91 Å². The van der Waals surface area contributed by atoms with Crippen LogP contribution in [-0.2, 0) is 16.1 Å². The summed E-state index contributed by atoms with van der Waals surface area (Å²) in [5, 5.41) is 0. The second kappa shape index (κ2) is 7.38. The highest BCUT2D eigenvalue weighted by atomic mass is 16.5. The molecule has 1 aliphatic rings. The summed E-state index contributed by atoms with van der Waals surface area (Å²) in [5.74, 6) is -0.400. The van der Waals surface area contributed by atoms with Crippen molar-refractivity contribution in [1.29, 1.82) is 0 Å². The van der Waals surface area contributed by atoms with E-state index in [2.05, 4.69) is 29.2 Å². The van der Waals surface area contributed by atoms with Gasteiger partial charge in [-0.3, -0.25) is 14.6 Å². The third-order valence-electron chi connectivity index (χ3n) is 3.56. The molecule has 110 valence electrons. The van der Waals surface area contributed by atoms with E-state index in [4.69, 9.17) is 10.5 Å². The molecule has 1 aliphatic heterocycles. The van der Waals surface area contributed by atoms with Gasteiger partial charge in [0, 0.05) is 39.3 Å². The van der Waals surface area contributed by atoms with Crippen LogP contribution in [-0.4, -0.2) is 54.7 Å². The van der Waals surface area contributed by atoms with Crippen LogP contribution < -0.4 is 5.73 Å². The number of piperazine rings is 1. The Hall–Kier alpha value is -1.43. The quantitative estimate of drug-likeness (QED) is 0.829. The van der Waals surface area contributed by atoms with Crippen LogP contribution in [0.2, 0.25) is 0 Å². The summed E-state index contributed by atoms with van der Waals surface area (Å²) >= 11 is 0. The van der Waals surface area contributed by atoms with Crippen LogP contribution in [0.25, 0.3) is 0 Å². The van der Waals surface area contributed by atoms with E-state index in [1.54, 1.807) is 0 Å². The van der Waals surface area contributed by atoms with E-state index < -0.39 is 12.1 Å². The van der Waals surface area contributed by atoms with Crippen molar-refractivity contribution in [2.24, 2.45) is 5.73 Å². The zero-order chi connectivity index (χ0) is 14.4. The number of hydrogen-bond acceptors (Lipinski definition) is 4. The lowest BCUT2D eigenvalue weighted by molar-refractivity contribution is -0.145. The summed E-state index contributed by atoms with van der Waals surface area (Å²) in [6.45, 7) is 6.78. The Labute approximate surface area is 120 Å². The van der Waals surface area contributed by atoms with Gasteiger partial charge < -0.3 is 10.5 Å². The summed E-state index contributed by atoms with van der Waals surface area (Å²) in [6, 6.07) is 10.4. The predicted octanol–water partition coefficient (Wildman–Crippen LogP) is 0.652. The van der Waals surface area contributed by atoms with Gasteiger partial charge >= 0.3 is 0 Å². The van der Waals surface area contributed by atoms with Gasteiger partial charge in [0.1, 0.15) is 0 Å². The summed E-state index contributed by atoms with van der Waals surface area (Å²) in [4.78, 5) is 15.8. The van der Waals surface area contributed by atoms with Gasteiger partial charge in [-0.25, -0.2) is 0 Å². The number of rotatable bonds is 6. The number of benzene rings is 1. The Morgan fingerprint density at radius 3 is 2.45 bits per heavy atom. The van der Waals surface area contributed by atoms with Crippen molar-refractivity contribution in [2.45, 2.75) is 19.7 Å². The minimum Gasteiger partial charge on any atom is -0.366 e. The molecule has 1 atom stereocenters. The molecule has 2 rings (SSSR count). The van der Waals surface area contributed by atoms with Crippen LogP contribution in [0.15, 0.2) is 30.3 Å². The average molecular weight is 277 g/mol. The van der Waals surface area contributed by atoms with Gasteiger partial charge in [0.05, 0.1) is 0 Å².